The lowest BCUT2D eigenvalue weighted by Gasteiger charge is -2.15. The first-order chi connectivity index (χ1) is 5.02. The third-order valence-electron chi connectivity index (χ3n) is 0.602. The van der Waals surface area contributed by atoms with Gasteiger partial charge in [-0.1, -0.05) is 23.2 Å². The summed E-state index contributed by atoms with van der Waals surface area (Å²) in [6.07, 6.45) is -0.988. The van der Waals surface area contributed by atoms with Gasteiger partial charge in [-0.2, -0.15) is 0 Å². The van der Waals surface area contributed by atoms with E-state index in [9.17, 15) is 4.79 Å². The second-order valence-corrected chi connectivity index (χ2v) is 3.16. The lowest BCUT2D eigenvalue weighted by Crippen LogP contribution is -2.24. The van der Waals surface area contributed by atoms with Gasteiger partial charge in [0.15, 0.2) is 0 Å². The number of halogens is 3. The minimum absolute atomic E-state index is 0.227. The Morgan fingerprint density at radius 2 is 2.18 bits per heavy atom. The van der Waals surface area contributed by atoms with Crippen LogP contribution in [0.4, 0.5) is 4.79 Å². The third kappa shape index (κ3) is 5.41. The molecule has 0 N–H and O–H groups in total. The molecule has 0 rings (SSSR count). The molecule has 0 bridgehead atoms. The van der Waals surface area contributed by atoms with Crippen molar-refractivity contribution >= 4 is 41.0 Å². The molecule has 1 radical (unpaired) electrons. The Kier molecular flexibility index (Phi) is 4.97. The van der Waals surface area contributed by atoms with E-state index in [1.54, 1.807) is 0 Å². The van der Waals surface area contributed by atoms with E-state index in [0.29, 0.717) is 0 Å². The average Bonchev–Trinajstić information content (AvgIpc) is 1.87. The summed E-state index contributed by atoms with van der Waals surface area (Å²) < 4.78 is 6.88. The van der Waals surface area contributed by atoms with Gasteiger partial charge in [0.05, 0.1) is 5.88 Å². The summed E-state index contributed by atoms with van der Waals surface area (Å²) in [5.41, 5.74) is 0. The zero-order valence-electron chi connectivity index (χ0n) is 5.64. The number of carbonyl (C=O) groups is 1. The molecule has 0 aromatic rings. The monoisotopic (exact) mass is 219 g/mol. The highest BCUT2D eigenvalue weighted by molar-refractivity contribution is 6.50. The van der Waals surface area contributed by atoms with Crippen LogP contribution in [0.3, 0.4) is 0 Å². The van der Waals surface area contributed by atoms with E-state index in [1.807, 2.05) is 0 Å². The fourth-order valence-electron chi connectivity index (χ4n) is 0.269. The summed E-state index contributed by atoms with van der Waals surface area (Å²) >= 11 is 15.9. The van der Waals surface area contributed by atoms with Gasteiger partial charge in [0.1, 0.15) is 6.61 Å². The number of hydrogen-bond acceptors (Lipinski definition) is 3. The second kappa shape index (κ2) is 4.91. The van der Waals surface area contributed by atoms with Crippen molar-refractivity contribution in [1.29, 1.82) is 0 Å². The van der Waals surface area contributed by atoms with Crippen LogP contribution in [-0.4, -0.2) is 16.6 Å². The predicted molar refractivity (Wildman–Crippen MR) is 42.7 cm³/mol. The number of alkyl halides is 3. The van der Waals surface area contributed by atoms with Crippen LogP contribution < -0.4 is 0 Å². The lowest BCUT2D eigenvalue weighted by atomic mass is 10.8. The van der Waals surface area contributed by atoms with Gasteiger partial charge in [-0.15, -0.1) is 11.6 Å². The van der Waals surface area contributed by atoms with E-state index >= 15 is 0 Å². The molecular weight excluding hydrogens is 214 g/mol. The lowest BCUT2D eigenvalue weighted by molar-refractivity contribution is 0.0577. The van der Waals surface area contributed by atoms with Gasteiger partial charge in [-0.25, -0.2) is 4.79 Å². The van der Waals surface area contributed by atoms with E-state index in [0.717, 1.165) is 6.61 Å². The Morgan fingerprint density at radius 1 is 1.64 bits per heavy atom. The maximum atomic E-state index is 10.5. The fraction of sp³-hybridized carbons (Fsp3) is 0.600. The molecule has 0 spiro atoms. The predicted octanol–water partition coefficient (Wildman–Crippen LogP) is 2.69. The largest absolute Gasteiger partial charge is 0.511 e. The van der Waals surface area contributed by atoms with Gasteiger partial charge in [0.2, 0.25) is 0 Å². The van der Waals surface area contributed by atoms with Gasteiger partial charge in [-0.05, 0) is 6.92 Å². The molecule has 0 aliphatic carbocycles. The van der Waals surface area contributed by atoms with E-state index in [2.05, 4.69) is 9.47 Å². The van der Waals surface area contributed by atoms with Crippen molar-refractivity contribution in [3.8, 4) is 0 Å². The van der Waals surface area contributed by atoms with E-state index in [4.69, 9.17) is 34.8 Å². The van der Waals surface area contributed by atoms with Crippen LogP contribution >= 0.6 is 34.8 Å². The Labute approximate surface area is 79.5 Å². The molecule has 0 saturated carbocycles. The van der Waals surface area contributed by atoms with E-state index in [-0.39, 0.29) is 5.88 Å². The highest BCUT2D eigenvalue weighted by Gasteiger charge is 2.28. The van der Waals surface area contributed by atoms with Gasteiger partial charge in [-0.3, -0.25) is 0 Å². The number of rotatable bonds is 3. The van der Waals surface area contributed by atoms with Crippen molar-refractivity contribution in [2.24, 2.45) is 0 Å². The topological polar surface area (TPSA) is 35.5 Å². The zero-order valence-corrected chi connectivity index (χ0v) is 7.91. The summed E-state index contributed by atoms with van der Waals surface area (Å²) in [5.74, 6) is -0.227. The number of ether oxygens (including phenoxy) is 2. The van der Waals surface area contributed by atoms with Crippen LogP contribution in [0, 0.1) is 6.61 Å². The molecule has 0 aromatic carbocycles. The molecule has 11 heavy (non-hydrogen) atoms. The van der Waals surface area contributed by atoms with Crippen molar-refractivity contribution < 1.29 is 14.3 Å². The minimum atomic E-state index is -1.72. The molecular formula is C5H6Cl3O3. The molecule has 3 nitrogen and oxygen atoms in total. The van der Waals surface area contributed by atoms with Gasteiger partial charge in [0, 0.05) is 0 Å². The molecule has 0 aliphatic heterocycles. The van der Waals surface area contributed by atoms with Crippen LogP contribution in [0.5, 0.6) is 0 Å². The molecule has 0 heterocycles. The molecule has 0 fully saturated rings. The first-order valence-electron chi connectivity index (χ1n) is 2.63. The van der Waals surface area contributed by atoms with Crippen molar-refractivity contribution in [2.45, 2.75) is 11.4 Å². The van der Waals surface area contributed by atoms with Crippen molar-refractivity contribution in [3.05, 3.63) is 6.61 Å². The first-order valence-corrected chi connectivity index (χ1v) is 3.92. The Bertz CT molecular complexity index is 137. The maximum Gasteiger partial charge on any atom is 0.511 e. The quantitative estimate of drug-likeness (QED) is 0.542. The van der Waals surface area contributed by atoms with Gasteiger partial charge in [0.25, 0.3) is 4.52 Å². The SMILES string of the molecule is C[CH]OC(=O)OC(Cl)(Cl)CCl. The molecule has 0 aliphatic rings. The molecule has 0 saturated heterocycles. The Morgan fingerprint density at radius 3 is 2.55 bits per heavy atom. The van der Waals surface area contributed by atoms with Gasteiger partial charge >= 0.3 is 6.16 Å². The summed E-state index contributed by atoms with van der Waals surface area (Å²) in [6, 6.07) is 0. The summed E-state index contributed by atoms with van der Waals surface area (Å²) in [6.45, 7) is 2.65. The summed E-state index contributed by atoms with van der Waals surface area (Å²) in [4.78, 5) is 10.5. The van der Waals surface area contributed by atoms with Crippen LogP contribution in [-0.2, 0) is 9.47 Å². The van der Waals surface area contributed by atoms with Crippen LogP contribution in [0.25, 0.3) is 0 Å². The van der Waals surface area contributed by atoms with Crippen molar-refractivity contribution in [2.75, 3.05) is 5.88 Å². The summed E-state index contributed by atoms with van der Waals surface area (Å²) in [5, 5.41) is 0. The third-order valence-corrected chi connectivity index (χ3v) is 1.67. The van der Waals surface area contributed by atoms with E-state index < -0.39 is 10.7 Å². The smallest absolute Gasteiger partial charge is 0.427 e. The zero-order chi connectivity index (χ0) is 8.91. The highest BCUT2D eigenvalue weighted by atomic mass is 35.5. The molecule has 0 unspecified atom stereocenters. The molecule has 0 atom stereocenters. The molecule has 65 valence electrons. The van der Waals surface area contributed by atoms with E-state index in [1.165, 1.54) is 6.92 Å². The first kappa shape index (κ1) is 11.1. The number of hydrogen-bond donors (Lipinski definition) is 0. The minimum Gasteiger partial charge on any atom is -0.427 e. The van der Waals surface area contributed by atoms with Crippen molar-refractivity contribution in [1.82, 2.24) is 0 Å². The summed E-state index contributed by atoms with van der Waals surface area (Å²) in [7, 11) is 0. The molecule has 6 heteroatoms. The van der Waals surface area contributed by atoms with Crippen LogP contribution in [0.15, 0.2) is 0 Å². The second-order valence-electron chi connectivity index (χ2n) is 1.48. The Balaban J connectivity index is 3.74. The average molecular weight is 220 g/mol. The van der Waals surface area contributed by atoms with Crippen LogP contribution in [0.1, 0.15) is 6.92 Å². The number of carbonyl (C=O) groups excluding carboxylic acids is 1. The van der Waals surface area contributed by atoms with Gasteiger partial charge < -0.3 is 9.47 Å². The standard InChI is InChI=1S/C5H6Cl3O3/c1-2-10-4(9)11-5(7,8)3-6/h2H,3H2,1H3. The molecule has 0 aromatic heterocycles. The Hall–Kier alpha value is 0.140. The highest BCUT2D eigenvalue weighted by Crippen LogP contribution is 2.24. The normalized spacial score (nSPS) is 10.9. The molecule has 0 amide bonds. The maximum absolute atomic E-state index is 10.5. The van der Waals surface area contributed by atoms with Crippen molar-refractivity contribution in [3.63, 3.8) is 0 Å². The van der Waals surface area contributed by atoms with Crippen LogP contribution in [0.2, 0.25) is 0 Å². The fourth-order valence-corrected chi connectivity index (χ4v) is 0.450.